The number of halogens is 2. The lowest BCUT2D eigenvalue weighted by Crippen LogP contribution is -2.45. The van der Waals surface area contributed by atoms with Crippen LogP contribution in [0.1, 0.15) is 21.5 Å². The van der Waals surface area contributed by atoms with E-state index in [0.717, 1.165) is 44.0 Å². The molecule has 0 radical (unpaired) electrons. The van der Waals surface area contributed by atoms with Crippen molar-refractivity contribution in [3.05, 3.63) is 101 Å². The van der Waals surface area contributed by atoms with Gasteiger partial charge >= 0.3 is 0 Å². The number of benzene rings is 3. The number of hydrogen-bond donors (Lipinski definition) is 1. The molecular weight excluding hydrogens is 396 g/mol. The molecule has 6 heteroatoms. The lowest BCUT2D eigenvalue weighted by molar-refractivity contribution is 0.0950. The third kappa shape index (κ3) is 5.47. The third-order valence-electron chi connectivity index (χ3n) is 5.58. The first-order valence-electron chi connectivity index (χ1n) is 10.4. The highest BCUT2D eigenvalue weighted by molar-refractivity contribution is 5.94. The second-order valence-electron chi connectivity index (χ2n) is 7.71. The van der Waals surface area contributed by atoms with Gasteiger partial charge in [0.15, 0.2) is 0 Å². The molecule has 31 heavy (non-hydrogen) atoms. The van der Waals surface area contributed by atoms with Crippen molar-refractivity contribution in [2.24, 2.45) is 0 Å². The first kappa shape index (κ1) is 21.0. The van der Waals surface area contributed by atoms with Crippen LogP contribution in [0.2, 0.25) is 0 Å². The minimum Gasteiger partial charge on any atom is -0.369 e. The van der Waals surface area contributed by atoms with Crippen molar-refractivity contribution in [3.8, 4) is 0 Å². The molecule has 0 unspecified atom stereocenters. The lowest BCUT2D eigenvalue weighted by Gasteiger charge is -2.36. The Labute approximate surface area is 181 Å². The maximum atomic E-state index is 13.7. The van der Waals surface area contributed by atoms with Gasteiger partial charge in [0.2, 0.25) is 0 Å². The number of amides is 1. The lowest BCUT2D eigenvalue weighted by atomic mass is 10.1. The van der Waals surface area contributed by atoms with Gasteiger partial charge in [-0.05, 0) is 48.0 Å². The van der Waals surface area contributed by atoms with E-state index in [1.54, 1.807) is 30.3 Å². The first-order chi connectivity index (χ1) is 15.1. The highest BCUT2D eigenvalue weighted by Gasteiger charge is 2.17. The molecule has 0 aromatic heterocycles. The predicted octanol–water partition coefficient (Wildman–Crippen LogP) is 4.22. The van der Waals surface area contributed by atoms with Crippen LogP contribution in [0, 0.1) is 11.6 Å². The fourth-order valence-corrected chi connectivity index (χ4v) is 3.76. The third-order valence-corrected chi connectivity index (χ3v) is 5.58. The highest BCUT2D eigenvalue weighted by atomic mass is 19.1. The molecule has 3 aromatic carbocycles. The molecule has 0 spiro atoms. The molecule has 0 bridgehead atoms. The number of nitrogens with one attached hydrogen (secondary N) is 1. The van der Waals surface area contributed by atoms with Crippen LogP contribution in [-0.2, 0) is 13.1 Å². The Morgan fingerprint density at radius 1 is 0.839 bits per heavy atom. The maximum absolute atomic E-state index is 13.7. The normalized spacial score (nSPS) is 14.5. The number of carbonyl (C=O) groups is 1. The summed E-state index contributed by atoms with van der Waals surface area (Å²) in [5, 5.41) is 2.76. The van der Waals surface area contributed by atoms with Gasteiger partial charge < -0.3 is 10.2 Å². The second kappa shape index (κ2) is 9.71. The van der Waals surface area contributed by atoms with Crippen molar-refractivity contribution >= 4 is 11.6 Å². The quantitative estimate of drug-likeness (QED) is 0.648. The van der Waals surface area contributed by atoms with Crippen molar-refractivity contribution in [2.75, 3.05) is 31.1 Å². The molecule has 1 aliphatic rings. The first-order valence-corrected chi connectivity index (χ1v) is 10.4. The van der Waals surface area contributed by atoms with Crippen LogP contribution >= 0.6 is 0 Å². The van der Waals surface area contributed by atoms with E-state index in [-0.39, 0.29) is 24.1 Å². The average molecular weight is 421 g/mol. The van der Waals surface area contributed by atoms with Crippen molar-refractivity contribution < 1.29 is 13.6 Å². The second-order valence-corrected chi connectivity index (χ2v) is 7.71. The summed E-state index contributed by atoms with van der Waals surface area (Å²) in [5.41, 5.74) is 3.21. The van der Waals surface area contributed by atoms with E-state index in [2.05, 4.69) is 15.1 Å². The minimum atomic E-state index is -0.322. The number of rotatable bonds is 6. The van der Waals surface area contributed by atoms with Crippen LogP contribution in [0.15, 0.2) is 72.8 Å². The predicted molar refractivity (Wildman–Crippen MR) is 118 cm³/mol. The molecule has 0 saturated carbocycles. The molecule has 1 fully saturated rings. The summed E-state index contributed by atoms with van der Waals surface area (Å²) in [4.78, 5) is 17.0. The molecule has 160 valence electrons. The van der Waals surface area contributed by atoms with Crippen molar-refractivity contribution in [2.45, 2.75) is 13.1 Å². The highest BCUT2D eigenvalue weighted by Crippen LogP contribution is 2.18. The van der Waals surface area contributed by atoms with E-state index >= 15 is 0 Å². The van der Waals surface area contributed by atoms with Crippen molar-refractivity contribution in [3.63, 3.8) is 0 Å². The van der Waals surface area contributed by atoms with E-state index < -0.39 is 0 Å². The van der Waals surface area contributed by atoms with Crippen LogP contribution in [0.3, 0.4) is 0 Å². The van der Waals surface area contributed by atoms with Crippen molar-refractivity contribution in [1.82, 2.24) is 10.2 Å². The Kier molecular flexibility index (Phi) is 6.57. The van der Waals surface area contributed by atoms with Gasteiger partial charge in [-0.15, -0.1) is 0 Å². The molecule has 1 amide bonds. The van der Waals surface area contributed by atoms with Crippen LogP contribution < -0.4 is 10.2 Å². The van der Waals surface area contributed by atoms with Crippen LogP contribution in [0.4, 0.5) is 14.5 Å². The summed E-state index contributed by atoms with van der Waals surface area (Å²) in [6.07, 6.45) is 0. The largest absolute Gasteiger partial charge is 0.369 e. The van der Waals surface area contributed by atoms with E-state index in [9.17, 15) is 13.6 Å². The van der Waals surface area contributed by atoms with Gasteiger partial charge in [0.1, 0.15) is 11.6 Å². The van der Waals surface area contributed by atoms with Gasteiger partial charge in [-0.1, -0.05) is 30.3 Å². The number of anilines is 1. The van der Waals surface area contributed by atoms with E-state index in [0.29, 0.717) is 11.1 Å². The molecule has 4 nitrogen and oxygen atoms in total. The topological polar surface area (TPSA) is 35.6 Å². The van der Waals surface area contributed by atoms with Gasteiger partial charge in [-0.2, -0.15) is 0 Å². The van der Waals surface area contributed by atoms with E-state index in [1.165, 1.54) is 18.2 Å². The SMILES string of the molecule is O=C(NCc1ccccc1F)c1ccc(CN2CCN(c3ccc(F)cc3)CC2)cc1. The fourth-order valence-electron chi connectivity index (χ4n) is 3.76. The van der Waals surface area contributed by atoms with Gasteiger partial charge in [0.05, 0.1) is 0 Å². The molecular formula is C25H25F2N3O. The molecule has 3 aromatic rings. The minimum absolute atomic E-state index is 0.158. The smallest absolute Gasteiger partial charge is 0.251 e. The van der Waals surface area contributed by atoms with Gasteiger partial charge in [0, 0.05) is 56.1 Å². The monoisotopic (exact) mass is 421 g/mol. The Morgan fingerprint density at radius 3 is 2.19 bits per heavy atom. The summed E-state index contributed by atoms with van der Waals surface area (Å²) in [6.45, 7) is 4.59. The Hall–Kier alpha value is -3.25. The molecule has 1 N–H and O–H groups in total. The number of nitrogens with zero attached hydrogens (tertiary/aromatic N) is 2. The van der Waals surface area contributed by atoms with Crippen molar-refractivity contribution in [1.29, 1.82) is 0 Å². The summed E-state index contributed by atoms with van der Waals surface area (Å²) in [5.74, 6) is -0.757. The molecule has 0 aliphatic carbocycles. The molecule has 1 aliphatic heterocycles. The molecule has 1 heterocycles. The van der Waals surface area contributed by atoms with Crippen LogP contribution in [0.25, 0.3) is 0 Å². The number of carbonyl (C=O) groups excluding carboxylic acids is 1. The Morgan fingerprint density at radius 2 is 1.52 bits per heavy atom. The van der Waals surface area contributed by atoms with Crippen LogP contribution in [-0.4, -0.2) is 37.0 Å². The molecule has 4 rings (SSSR count). The summed E-state index contributed by atoms with van der Waals surface area (Å²) in [6, 6.07) is 20.6. The van der Waals surface area contributed by atoms with Crippen LogP contribution in [0.5, 0.6) is 0 Å². The number of hydrogen-bond acceptors (Lipinski definition) is 3. The molecule has 1 saturated heterocycles. The zero-order valence-electron chi connectivity index (χ0n) is 17.2. The summed E-state index contributed by atoms with van der Waals surface area (Å²) in [7, 11) is 0. The summed E-state index contributed by atoms with van der Waals surface area (Å²) < 4.78 is 26.8. The Balaban J connectivity index is 1.26. The number of piperazine rings is 1. The zero-order chi connectivity index (χ0) is 21.6. The zero-order valence-corrected chi connectivity index (χ0v) is 17.2. The molecule has 0 atom stereocenters. The summed E-state index contributed by atoms with van der Waals surface area (Å²) >= 11 is 0. The average Bonchev–Trinajstić information content (AvgIpc) is 2.80. The van der Waals surface area contributed by atoms with E-state index in [4.69, 9.17) is 0 Å². The van der Waals surface area contributed by atoms with E-state index in [1.807, 2.05) is 24.3 Å². The Bertz CT molecular complexity index is 1010. The van der Waals surface area contributed by atoms with Gasteiger partial charge in [-0.3, -0.25) is 9.69 Å². The van der Waals surface area contributed by atoms with Gasteiger partial charge in [0.25, 0.3) is 5.91 Å². The fraction of sp³-hybridized carbons (Fsp3) is 0.240. The maximum Gasteiger partial charge on any atom is 0.251 e. The van der Waals surface area contributed by atoms with Gasteiger partial charge in [-0.25, -0.2) is 8.78 Å². The standard InChI is InChI=1S/C25H25F2N3O/c26-22-9-11-23(12-10-22)30-15-13-29(14-16-30)18-19-5-7-20(8-6-19)25(31)28-17-21-3-1-2-4-24(21)27/h1-12H,13-18H2,(H,28,31).